The summed E-state index contributed by atoms with van der Waals surface area (Å²) in [4.78, 5) is 6.24. The van der Waals surface area contributed by atoms with Gasteiger partial charge in [0.15, 0.2) is 0 Å². The van der Waals surface area contributed by atoms with Gasteiger partial charge in [-0.1, -0.05) is 5.16 Å². The van der Waals surface area contributed by atoms with Crippen LogP contribution in [0.5, 0.6) is 0 Å². The van der Waals surface area contributed by atoms with E-state index in [4.69, 9.17) is 10.9 Å². The molecule has 0 saturated carbocycles. The second-order valence-corrected chi connectivity index (χ2v) is 4.99. The fourth-order valence-electron chi connectivity index (χ4n) is 1.49. The van der Waals surface area contributed by atoms with Gasteiger partial charge in [0.1, 0.15) is 5.84 Å². The van der Waals surface area contributed by atoms with Crippen LogP contribution < -0.4 is 5.73 Å². The minimum Gasteiger partial charge on any atom is -0.409 e. The highest BCUT2D eigenvalue weighted by atomic mass is 79.9. The molecule has 0 bridgehead atoms. The van der Waals surface area contributed by atoms with E-state index in [2.05, 4.69) is 31.0 Å². The van der Waals surface area contributed by atoms with Gasteiger partial charge in [0.2, 0.25) is 0 Å². The first kappa shape index (κ1) is 13.9. The topological polar surface area (TPSA) is 74.7 Å². The van der Waals surface area contributed by atoms with Crippen LogP contribution in [0.1, 0.15) is 18.9 Å². The first-order valence-electron chi connectivity index (χ1n) is 5.29. The van der Waals surface area contributed by atoms with E-state index in [0.717, 1.165) is 16.6 Å². The SMILES string of the molecule is CC(C/C(N)=N/O)N(C)Cc1cncc(Br)c1. The van der Waals surface area contributed by atoms with Crippen LogP contribution in [0.3, 0.4) is 0 Å². The van der Waals surface area contributed by atoms with Gasteiger partial charge in [0.25, 0.3) is 0 Å². The molecule has 1 aromatic rings. The molecule has 17 heavy (non-hydrogen) atoms. The van der Waals surface area contributed by atoms with Crippen molar-refractivity contribution in [2.45, 2.75) is 25.9 Å². The number of amidine groups is 1. The molecule has 1 atom stereocenters. The molecule has 6 heteroatoms. The number of halogens is 1. The van der Waals surface area contributed by atoms with Crippen LogP contribution >= 0.6 is 15.9 Å². The molecule has 5 nitrogen and oxygen atoms in total. The van der Waals surface area contributed by atoms with E-state index in [0.29, 0.717) is 6.42 Å². The zero-order valence-electron chi connectivity index (χ0n) is 9.97. The number of pyridine rings is 1. The summed E-state index contributed by atoms with van der Waals surface area (Å²) in [7, 11) is 2.00. The Hall–Kier alpha value is -1.14. The summed E-state index contributed by atoms with van der Waals surface area (Å²) in [6.07, 6.45) is 4.12. The highest BCUT2D eigenvalue weighted by Crippen LogP contribution is 2.13. The van der Waals surface area contributed by atoms with Crippen LogP contribution in [-0.2, 0) is 6.54 Å². The van der Waals surface area contributed by atoms with Gasteiger partial charge in [-0.3, -0.25) is 9.88 Å². The lowest BCUT2D eigenvalue weighted by molar-refractivity contribution is 0.250. The molecule has 0 aromatic carbocycles. The second kappa shape index (κ2) is 6.56. The van der Waals surface area contributed by atoms with E-state index in [9.17, 15) is 0 Å². The number of nitrogens with zero attached hydrogens (tertiary/aromatic N) is 3. The molecule has 1 rings (SSSR count). The number of aromatic nitrogens is 1. The van der Waals surface area contributed by atoms with Crippen LogP contribution in [0.2, 0.25) is 0 Å². The van der Waals surface area contributed by atoms with Crippen LogP contribution in [0.15, 0.2) is 28.1 Å². The van der Waals surface area contributed by atoms with Gasteiger partial charge < -0.3 is 10.9 Å². The van der Waals surface area contributed by atoms with Crippen LogP contribution in [-0.4, -0.2) is 34.0 Å². The van der Waals surface area contributed by atoms with Gasteiger partial charge in [-0.15, -0.1) is 0 Å². The molecule has 0 aliphatic heterocycles. The Bertz CT molecular complexity index is 397. The van der Waals surface area contributed by atoms with Crippen molar-refractivity contribution in [3.05, 3.63) is 28.5 Å². The molecule has 0 aliphatic carbocycles. The number of hydrogen-bond acceptors (Lipinski definition) is 4. The smallest absolute Gasteiger partial charge is 0.140 e. The zero-order valence-corrected chi connectivity index (χ0v) is 11.6. The molecule has 0 spiro atoms. The van der Waals surface area contributed by atoms with E-state index in [1.807, 2.05) is 26.2 Å². The predicted octanol–water partition coefficient (Wildman–Crippen LogP) is 1.80. The van der Waals surface area contributed by atoms with E-state index in [-0.39, 0.29) is 11.9 Å². The lowest BCUT2D eigenvalue weighted by Gasteiger charge is -2.24. The van der Waals surface area contributed by atoms with Gasteiger partial charge in [-0.25, -0.2) is 0 Å². The molecular formula is C11H17BrN4O. The third-order valence-corrected chi connectivity index (χ3v) is 3.01. The van der Waals surface area contributed by atoms with Crippen molar-refractivity contribution in [3.63, 3.8) is 0 Å². The number of rotatable bonds is 5. The summed E-state index contributed by atoms with van der Waals surface area (Å²) in [6.45, 7) is 2.80. The summed E-state index contributed by atoms with van der Waals surface area (Å²) in [5.41, 5.74) is 6.60. The molecule has 1 unspecified atom stereocenters. The van der Waals surface area contributed by atoms with Gasteiger partial charge in [-0.2, -0.15) is 0 Å². The van der Waals surface area contributed by atoms with Crippen LogP contribution in [0.25, 0.3) is 0 Å². The van der Waals surface area contributed by atoms with Crippen molar-refractivity contribution < 1.29 is 5.21 Å². The Labute approximate surface area is 109 Å². The lowest BCUT2D eigenvalue weighted by Crippen LogP contribution is -2.32. The molecule has 0 amide bonds. The largest absolute Gasteiger partial charge is 0.409 e. The zero-order chi connectivity index (χ0) is 12.8. The van der Waals surface area contributed by atoms with Crippen molar-refractivity contribution in [3.8, 4) is 0 Å². The van der Waals surface area contributed by atoms with Gasteiger partial charge in [-0.05, 0) is 41.5 Å². The van der Waals surface area contributed by atoms with Crippen LogP contribution in [0.4, 0.5) is 0 Å². The van der Waals surface area contributed by atoms with Crippen molar-refractivity contribution in [2.24, 2.45) is 10.9 Å². The summed E-state index contributed by atoms with van der Waals surface area (Å²) >= 11 is 3.39. The molecule has 0 saturated heterocycles. The molecule has 1 aromatic heterocycles. The molecule has 0 radical (unpaired) electrons. The average molecular weight is 301 g/mol. The second-order valence-electron chi connectivity index (χ2n) is 4.07. The van der Waals surface area contributed by atoms with E-state index < -0.39 is 0 Å². The average Bonchev–Trinajstić information content (AvgIpc) is 2.28. The van der Waals surface area contributed by atoms with Gasteiger partial charge >= 0.3 is 0 Å². The molecule has 0 fully saturated rings. The Balaban J connectivity index is 2.56. The highest BCUT2D eigenvalue weighted by molar-refractivity contribution is 9.10. The molecule has 0 aliphatic rings. The Morgan fingerprint density at radius 3 is 2.94 bits per heavy atom. The Kier molecular flexibility index (Phi) is 5.37. The van der Waals surface area contributed by atoms with Crippen LogP contribution in [0, 0.1) is 0 Å². The van der Waals surface area contributed by atoms with Crippen molar-refractivity contribution >= 4 is 21.8 Å². The maximum Gasteiger partial charge on any atom is 0.140 e. The number of hydrogen-bond donors (Lipinski definition) is 2. The van der Waals surface area contributed by atoms with Gasteiger partial charge in [0.05, 0.1) is 0 Å². The standard InChI is InChI=1S/C11H17BrN4O/c1-8(3-11(13)15-17)16(2)7-9-4-10(12)6-14-5-9/h4-6,8,17H,3,7H2,1-2H3,(H2,13,15). The summed E-state index contributed by atoms with van der Waals surface area (Å²) in [5, 5.41) is 11.5. The third-order valence-electron chi connectivity index (χ3n) is 2.58. The summed E-state index contributed by atoms with van der Waals surface area (Å²) in [5.74, 6) is 0.247. The van der Waals surface area contributed by atoms with E-state index in [1.165, 1.54) is 0 Å². The maximum absolute atomic E-state index is 8.52. The predicted molar refractivity (Wildman–Crippen MR) is 70.9 cm³/mol. The number of oxime groups is 1. The van der Waals surface area contributed by atoms with E-state index in [1.54, 1.807) is 6.20 Å². The monoisotopic (exact) mass is 300 g/mol. The Morgan fingerprint density at radius 1 is 1.65 bits per heavy atom. The van der Waals surface area contributed by atoms with Gasteiger partial charge in [0, 0.05) is 35.9 Å². The fraction of sp³-hybridized carbons (Fsp3) is 0.455. The van der Waals surface area contributed by atoms with E-state index >= 15 is 0 Å². The Morgan fingerprint density at radius 2 is 2.35 bits per heavy atom. The normalized spacial score (nSPS) is 14.0. The first-order chi connectivity index (χ1) is 8.02. The van der Waals surface area contributed by atoms with Crippen molar-refractivity contribution in [2.75, 3.05) is 7.05 Å². The first-order valence-corrected chi connectivity index (χ1v) is 6.08. The molecule has 3 N–H and O–H groups in total. The number of nitrogens with two attached hydrogens (primary N) is 1. The van der Waals surface area contributed by atoms with Crippen molar-refractivity contribution in [1.29, 1.82) is 0 Å². The molecule has 1 heterocycles. The minimum atomic E-state index is 0.199. The quantitative estimate of drug-likeness (QED) is 0.376. The molecule has 94 valence electrons. The third kappa shape index (κ3) is 4.70. The summed E-state index contributed by atoms with van der Waals surface area (Å²) in [6, 6.07) is 2.23. The lowest BCUT2D eigenvalue weighted by atomic mass is 10.2. The molecular weight excluding hydrogens is 284 g/mol. The fourth-order valence-corrected chi connectivity index (χ4v) is 1.90. The summed E-state index contributed by atoms with van der Waals surface area (Å²) < 4.78 is 0.965. The highest BCUT2D eigenvalue weighted by Gasteiger charge is 2.11. The van der Waals surface area contributed by atoms with Crippen molar-refractivity contribution in [1.82, 2.24) is 9.88 Å². The minimum absolute atomic E-state index is 0.199. The maximum atomic E-state index is 8.52.